The molecule has 0 aromatic heterocycles. The summed E-state index contributed by atoms with van der Waals surface area (Å²) in [6, 6.07) is 0. The summed E-state index contributed by atoms with van der Waals surface area (Å²) in [5, 5.41) is 0. The predicted molar refractivity (Wildman–Crippen MR) is 50.6 cm³/mol. The summed E-state index contributed by atoms with van der Waals surface area (Å²) in [6.07, 6.45) is 0.650. The van der Waals surface area contributed by atoms with Crippen LogP contribution in [0, 0.1) is 0 Å². The molecule has 0 amide bonds. The lowest BCUT2D eigenvalue weighted by molar-refractivity contribution is 0.222. The molecule has 4 N–H and O–H groups in total. The van der Waals surface area contributed by atoms with Crippen molar-refractivity contribution >= 4 is 18.2 Å². The highest BCUT2D eigenvalue weighted by atomic mass is 32.7. The molecule has 0 aliphatic carbocycles. The third-order valence-corrected chi connectivity index (χ3v) is 4.64. The van der Waals surface area contributed by atoms with Crippen molar-refractivity contribution in [2.75, 3.05) is 18.9 Å². The van der Waals surface area contributed by atoms with Gasteiger partial charge in [0.25, 0.3) is 0 Å². The Hall–Kier alpha value is 0.420. The first-order chi connectivity index (χ1) is 5.68. The van der Waals surface area contributed by atoms with Gasteiger partial charge in [-0.25, -0.2) is 15.1 Å². The Labute approximate surface area is 76.4 Å². The smallest absolute Gasteiger partial charge is 0.330 e. The van der Waals surface area contributed by atoms with E-state index in [1.54, 1.807) is 0 Å². The molecule has 0 bridgehead atoms. The Balaban J connectivity index is 3.72. The fourth-order valence-electron chi connectivity index (χ4n) is 0.516. The van der Waals surface area contributed by atoms with E-state index in [-0.39, 0.29) is 0 Å². The van der Waals surface area contributed by atoms with E-state index < -0.39 is 6.80 Å². The summed E-state index contributed by atoms with van der Waals surface area (Å²) in [5.41, 5.74) is 5.22. The van der Waals surface area contributed by atoms with Crippen LogP contribution in [0.25, 0.3) is 0 Å². The van der Waals surface area contributed by atoms with E-state index in [1.807, 2.05) is 6.92 Å². The molecule has 0 fully saturated rings. The second-order valence-electron chi connectivity index (χ2n) is 1.95. The lowest BCUT2D eigenvalue weighted by Gasteiger charge is -2.12. The van der Waals surface area contributed by atoms with E-state index in [9.17, 15) is 4.57 Å². The van der Waals surface area contributed by atoms with Gasteiger partial charge in [-0.05, 0) is 24.3 Å². The molecule has 0 heterocycles. The lowest BCUT2D eigenvalue weighted by atomic mass is 10.5. The Morgan fingerprint density at radius 2 is 2.25 bits per heavy atom. The minimum absolute atomic E-state index is 0.317. The van der Waals surface area contributed by atoms with Crippen LogP contribution in [0.2, 0.25) is 0 Å². The molecule has 0 aromatic carbocycles. The quantitative estimate of drug-likeness (QED) is 0.375. The van der Waals surface area contributed by atoms with Crippen LogP contribution in [-0.2, 0) is 13.7 Å². The van der Waals surface area contributed by atoms with Gasteiger partial charge in [0.2, 0.25) is 0 Å². The van der Waals surface area contributed by atoms with Crippen molar-refractivity contribution in [3.05, 3.63) is 0 Å². The molecule has 7 heteroatoms. The highest BCUT2D eigenvalue weighted by molar-refractivity contribution is 8.55. The number of nitrogens with two attached hydrogens (primary N) is 2. The summed E-state index contributed by atoms with van der Waals surface area (Å²) in [4.78, 5) is 0. The van der Waals surface area contributed by atoms with Crippen LogP contribution in [0.1, 0.15) is 13.3 Å². The second-order valence-corrected chi connectivity index (χ2v) is 6.26. The van der Waals surface area contributed by atoms with Crippen LogP contribution >= 0.6 is 18.2 Å². The van der Waals surface area contributed by atoms with Gasteiger partial charge in [-0.1, -0.05) is 6.92 Å². The summed E-state index contributed by atoms with van der Waals surface area (Å²) < 4.78 is 20.6. The van der Waals surface area contributed by atoms with Crippen molar-refractivity contribution in [2.24, 2.45) is 11.6 Å². The molecule has 74 valence electrons. The van der Waals surface area contributed by atoms with Gasteiger partial charge in [0.05, 0.1) is 6.61 Å². The molecule has 1 atom stereocenters. The summed E-state index contributed by atoms with van der Waals surface area (Å²) in [7, 11) is 0. The van der Waals surface area contributed by atoms with Crippen molar-refractivity contribution in [1.82, 2.24) is 0 Å². The van der Waals surface area contributed by atoms with Crippen LogP contribution in [0.15, 0.2) is 0 Å². The van der Waals surface area contributed by atoms with Crippen molar-refractivity contribution in [3.8, 4) is 0 Å². The maximum Gasteiger partial charge on any atom is 0.405 e. The zero-order valence-corrected chi connectivity index (χ0v) is 8.77. The molecule has 0 radical (unpaired) electrons. The first-order valence-corrected chi connectivity index (χ1v) is 6.79. The van der Waals surface area contributed by atoms with E-state index in [2.05, 4.69) is 4.62 Å². The van der Waals surface area contributed by atoms with Gasteiger partial charge in [-0.2, -0.15) is 0 Å². The molecule has 0 saturated heterocycles. The average Bonchev–Trinajstić information content (AvgIpc) is 2.06. The largest absolute Gasteiger partial charge is 0.405 e. The first-order valence-electron chi connectivity index (χ1n) is 3.66. The van der Waals surface area contributed by atoms with E-state index in [0.29, 0.717) is 25.3 Å². The van der Waals surface area contributed by atoms with Gasteiger partial charge >= 0.3 is 6.80 Å². The van der Waals surface area contributed by atoms with Crippen LogP contribution in [0.3, 0.4) is 0 Å². The molecule has 0 aliphatic rings. The van der Waals surface area contributed by atoms with E-state index >= 15 is 0 Å². The van der Waals surface area contributed by atoms with Gasteiger partial charge in [-0.3, -0.25) is 4.52 Å². The molecule has 0 aliphatic heterocycles. The van der Waals surface area contributed by atoms with E-state index in [1.165, 1.54) is 0 Å². The summed E-state index contributed by atoms with van der Waals surface area (Å²) >= 11 is 1.07. The van der Waals surface area contributed by atoms with Gasteiger partial charge in [-0.15, -0.1) is 0 Å². The molecule has 5 nitrogen and oxygen atoms in total. The third kappa shape index (κ3) is 5.13. The molecule has 1 unspecified atom stereocenters. The zero-order valence-electron chi connectivity index (χ0n) is 7.06. The maximum atomic E-state index is 11.4. The maximum absolute atomic E-state index is 11.4. The Morgan fingerprint density at radius 1 is 1.58 bits per heavy atom. The molecule has 12 heavy (non-hydrogen) atoms. The van der Waals surface area contributed by atoms with E-state index in [4.69, 9.17) is 16.2 Å². The SMILES string of the molecule is CCSP(=O)(ON)OCCCN. The third-order valence-electron chi connectivity index (χ3n) is 1.01. The van der Waals surface area contributed by atoms with Gasteiger partial charge in [0.15, 0.2) is 0 Å². The lowest BCUT2D eigenvalue weighted by Crippen LogP contribution is -2.05. The standard InChI is InChI=1S/C5H15N2O3PS/c1-2-12-11(8,10-7)9-5-3-4-6/h2-7H2,1H3. The van der Waals surface area contributed by atoms with Crippen LogP contribution in [-0.4, -0.2) is 18.9 Å². The van der Waals surface area contributed by atoms with Gasteiger partial charge in [0, 0.05) is 5.75 Å². The fourth-order valence-corrected chi connectivity index (χ4v) is 2.96. The first kappa shape index (κ1) is 12.4. The molecule has 0 spiro atoms. The number of hydrogen-bond acceptors (Lipinski definition) is 6. The van der Waals surface area contributed by atoms with Crippen LogP contribution in [0.4, 0.5) is 0 Å². The Kier molecular flexibility index (Phi) is 7.13. The molecular weight excluding hydrogens is 199 g/mol. The summed E-state index contributed by atoms with van der Waals surface area (Å²) in [5.74, 6) is 5.47. The number of rotatable bonds is 7. The molecular formula is C5H15N2O3PS. The highest BCUT2D eigenvalue weighted by Crippen LogP contribution is 2.58. The van der Waals surface area contributed by atoms with Crippen LogP contribution < -0.4 is 11.6 Å². The Bertz CT molecular complexity index is 158. The second kappa shape index (κ2) is 6.88. The van der Waals surface area contributed by atoms with Gasteiger partial charge in [0.1, 0.15) is 0 Å². The normalized spacial score (nSPS) is 15.9. The molecule has 0 rings (SSSR count). The van der Waals surface area contributed by atoms with E-state index in [0.717, 1.165) is 11.4 Å². The van der Waals surface area contributed by atoms with Gasteiger partial charge < -0.3 is 5.73 Å². The monoisotopic (exact) mass is 214 g/mol. The van der Waals surface area contributed by atoms with Crippen molar-refractivity contribution in [3.63, 3.8) is 0 Å². The fraction of sp³-hybridized carbons (Fsp3) is 1.00. The summed E-state index contributed by atoms with van der Waals surface area (Å²) in [6.45, 7) is -0.422. The highest BCUT2D eigenvalue weighted by Gasteiger charge is 2.23. The predicted octanol–water partition coefficient (Wildman–Crippen LogP) is 1.10. The number of hydrogen-bond donors (Lipinski definition) is 2. The van der Waals surface area contributed by atoms with Crippen molar-refractivity contribution < 1.29 is 13.7 Å². The minimum Gasteiger partial charge on any atom is -0.330 e. The van der Waals surface area contributed by atoms with Crippen molar-refractivity contribution in [2.45, 2.75) is 13.3 Å². The Morgan fingerprint density at radius 3 is 2.67 bits per heavy atom. The zero-order chi connectivity index (χ0) is 9.45. The van der Waals surface area contributed by atoms with Crippen molar-refractivity contribution in [1.29, 1.82) is 0 Å². The average molecular weight is 214 g/mol. The van der Waals surface area contributed by atoms with Crippen LogP contribution in [0.5, 0.6) is 0 Å². The topological polar surface area (TPSA) is 87.6 Å². The molecule has 0 aromatic rings. The molecule has 0 saturated carbocycles. The minimum atomic E-state index is -3.09.